The van der Waals surface area contributed by atoms with Crippen molar-refractivity contribution in [3.05, 3.63) is 69.4 Å². The van der Waals surface area contributed by atoms with Crippen LogP contribution in [0.3, 0.4) is 0 Å². The summed E-state index contributed by atoms with van der Waals surface area (Å²) in [7, 11) is 0. The van der Waals surface area contributed by atoms with Gasteiger partial charge in [0.1, 0.15) is 16.8 Å². The number of unbranched alkanes of at least 4 members (excludes halogenated alkanes) is 2. The van der Waals surface area contributed by atoms with Crippen LogP contribution in [0.1, 0.15) is 45.1 Å². The van der Waals surface area contributed by atoms with E-state index in [1.807, 2.05) is 42.5 Å². The van der Waals surface area contributed by atoms with E-state index >= 15 is 0 Å². The van der Waals surface area contributed by atoms with Crippen LogP contribution in [-0.4, -0.2) is 18.1 Å². The second kappa shape index (κ2) is 11.8. The van der Waals surface area contributed by atoms with E-state index in [1.54, 1.807) is 0 Å². The fraction of sp³-hybridized carbons (Fsp3) is 0.296. The molecule has 0 radical (unpaired) electrons. The van der Waals surface area contributed by atoms with Gasteiger partial charge in [0, 0.05) is 24.3 Å². The average Bonchev–Trinajstić information content (AvgIpc) is 3.24. The minimum atomic E-state index is 0.0460. The van der Waals surface area contributed by atoms with Crippen LogP contribution in [0.25, 0.3) is 22.9 Å². The summed E-state index contributed by atoms with van der Waals surface area (Å²) in [4.78, 5) is 7.10. The number of anilines is 1. The molecule has 0 spiro atoms. The Kier molecular flexibility index (Phi) is 8.61. The predicted molar refractivity (Wildman–Crippen MR) is 133 cm³/mol. The highest BCUT2D eigenvalue weighted by atomic mass is 32.1. The molecule has 0 aliphatic rings. The molecule has 0 bridgehead atoms. The molecule has 0 unspecified atom stereocenters. The molecule has 3 rings (SSSR count). The van der Waals surface area contributed by atoms with Gasteiger partial charge in [-0.2, -0.15) is 10.5 Å². The van der Waals surface area contributed by atoms with E-state index in [0.717, 1.165) is 34.4 Å². The summed E-state index contributed by atoms with van der Waals surface area (Å²) in [5.74, 6) is 0. The van der Waals surface area contributed by atoms with E-state index in [2.05, 4.69) is 54.1 Å². The monoisotopic (exact) mass is 440 g/mol. The molecule has 0 aliphatic heterocycles. The minimum absolute atomic E-state index is 0.0460. The maximum Gasteiger partial charge on any atom is 0.165 e. The third-order valence-corrected chi connectivity index (χ3v) is 6.28. The maximum absolute atomic E-state index is 9.29. The Labute approximate surface area is 194 Å². The van der Waals surface area contributed by atoms with Crippen molar-refractivity contribution in [2.24, 2.45) is 0 Å². The summed E-state index contributed by atoms with van der Waals surface area (Å²) in [6, 6.07) is 22.4. The Bertz CT molecular complexity index is 1190. The van der Waals surface area contributed by atoms with Crippen molar-refractivity contribution in [2.75, 3.05) is 18.0 Å². The maximum atomic E-state index is 9.29. The molecule has 3 aromatic rings. The van der Waals surface area contributed by atoms with E-state index in [-0.39, 0.29) is 5.57 Å². The molecule has 5 heteroatoms. The second-order valence-electron chi connectivity index (χ2n) is 7.63. The smallest absolute Gasteiger partial charge is 0.165 e. The number of nitriles is 2. The SMILES string of the molecule is CCCCN(CCCC)c1ccc(/C=c2\sc(=C(C#N)C#N)nc2-c2ccccc2)cc1. The van der Waals surface area contributed by atoms with Crippen molar-refractivity contribution in [1.82, 2.24) is 4.98 Å². The van der Waals surface area contributed by atoms with E-state index < -0.39 is 0 Å². The average molecular weight is 441 g/mol. The predicted octanol–water partition coefficient (Wildman–Crippen LogP) is 5.24. The van der Waals surface area contributed by atoms with Crippen LogP contribution in [0.4, 0.5) is 5.69 Å². The van der Waals surface area contributed by atoms with E-state index in [1.165, 1.54) is 42.7 Å². The summed E-state index contributed by atoms with van der Waals surface area (Å²) in [5, 5.41) is 18.6. The number of hydrogen-bond donors (Lipinski definition) is 0. The van der Waals surface area contributed by atoms with Crippen LogP contribution < -0.4 is 14.1 Å². The summed E-state index contributed by atoms with van der Waals surface area (Å²) in [6.45, 7) is 6.62. The Morgan fingerprint density at radius 2 is 1.56 bits per heavy atom. The Morgan fingerprint density at radius 3 is 2.12 bits per heavy atom. The van der Waals surface area contributed by atoms with Crippen LogP contribution in [0, 0.1) is 22.7 Å². The highest BCUT2D eigenvalue weighted by Crippen LogP contribution is 2.18. The van der Waals surface area contributed by atoms with Gasteiger partial charge < -0.3 is 4.90 Å². The number of benzene rings is 2. The number of aromatic nitrogens is 1. The van der Waals surface area contributed by atoms with Gasteiger partial charge in [-0.05, 0) is 36.6 Å². The Morgan fingerprint density at radius 1 is 0.938 bits per heavy atom. The highest BCUT2D eigenvalue weighted by molar-refractivity contribution is 7.08. The van der Waals surface area contributed by atoms with Crippen LogP contribution in [0.5, 0.6) is 0 Å². The van der Waals surface area contributed by atoms with Gasteiger partial charge in [0.15, 0.2) is 5.57 Å². The number of rotatable bonds is 9. The topological polar surface area (TPSA) is 63.7 Å². The molecule has 1 heterocycles. The van der Waals surface area contributed by atoms with Gasteiger partial charge in [0.25, 0.3) is 0 Å². The van der Waals surface area contributed by atoms with Crippen molar-refractivity contribution < 1.29 is 0 Å². The van der Waals surface area contributed by atoms with Gasteiger partial charge in [0.2, 0.25) is 0 Å². The summed E-state index contributed by atoms with van der Waals surface area (Å²) in [6.07, 6.45) is 6.85. The van der Waals surface area contributed by atoms with Crippen molar-refractivity contribution in [2.45, 2.75) is 39.5 Å². The van der Waals surface area contributed by atoms with Gasteiger partial charge >= 0.3 is 0 Å². The lowest BCUT2D eigenvalue weighted by molar-refractivity contribution is 0.678. The third-order valence-electron chi connectivity index (χ3n) is 5.26. The molecule has 0 N–H and O–H groups in total. The van der Waals surface area contributed by atoms with E-state index in [4.69, 9.17) is 0 Å². The Balaban J connectivity index is 2.02. The fourth-order valence-corrected chi connectivity index (χ4v) is 4.45. The normalized spacial score (nSPS) is 11.1. The quantitative estimate of drug-likeness (QED) is 0.456. The standard InChI is InChI=1S/C27H28N4S/c1-3-5-16-31(17-6-4-2)24-14-12-21(13-15-24)18-25-26(22-10-8-7-9-11-22)30-27(32-25)23(19-28)20-29/h7-15,18H,3-6,16-17H2,1-2H3/b25-18-. The number of thiazole rings is 1. The summed E-state index contributed by atoms with van der Waals surface area (Å²) in [5.41, 5.74) is 4.14. The first-order valence-electron chi connectivity index (χ1n) is 11.1. The summed E-state index contributed by atoms with van der Waals surface area (Å²) >= 11 is 1.38. The molecular weight excluding hydrogens is 412 g/mol. The van der Waals surface area contributed by atoms with Crippen molar-refractivity contribution in [3.8, 4) is 23.4 Å². The molecule has 0 amide bonds. The van der Waals surface area contributed by atoms with Crippen molar-refractivity contribution >= 4 is 28.7 Å². The lowest BCUT2D eigenvalue weighted by Gasteiger charge is -2.24. The largest absolute Gasteiger partial charge is 0.372 e. The first-order valence-corrected chi connectivity index (χ1v) is 11.9. The highest BCUT2D eigenvalue weighted by Gasteiger charge is 2.09. The molecule has 0 fully saturated rings. The minimum Gasteiger partial charge on any atom is -0.372 e. The molecule has 0 aliphatic carbocycles. The van der Waals surface area contributed by atoms with Gasteiger partial charge in [-0.1, -0.05) is 69.2 Å². The zero-order valence-electron chi connectivity index (χ0n) is 18.7. The van der Waals surface area contributed by atoms with Crippen molar-refractivity contribution in [1.29, 1.82) is 10.5 Å². The molecule has 4 nitrogen and oxygen atoms in total. The molecule has 1 aromatic heterocycles. The third kappa shape index (κ3) is 5.84. The summed E-state index contributed by atoms with van der Waals surface area (Å²) < 4.78 is 1.40. The fourth-order valence-electron chi connectivity index (χ4n) is 3.46. The van der Waals surface area contributed by atoms with Crippen LogP contribution in [0.15, 0.2) is 54.6 Å². The lowest BCUT2D eigenvalue weighted by atomic mass is 10.1. The first kappa shape index (κ1) is 23.3. The molecule has 0 atom stereocenters. The van der Waals surface area contributed by atoms with Gasteiger partial charge in [-0.3, -0.25) is 0 Å². The number of hydrogen-bond acceptors (Lipinski definition) is 5. The molecule has 0 saturated heterocycles. The zero-order chi connectivity index (χ0) is 22.8. The van der Waals surface area contributed by atoms with Gasteiger partial charge in [-0.15, -0.1) is 11.3 Å². The van der Waals surface area contributed by atoms with E-state index in [0.29, 0.717) is 4.66 Å². The van der Waals surface area contributed by atoms with Crippen LogP contribution >= 0.6 is 11.3 Å². The Hall–Kier alpha value is -3.41. The van der Waals surface area contributed by atoms with E-state index in [9.17, 15) is 10.5 Å². The molecule has 32 heavy (non-hydrogen) atoms. The molecule has 162 valence electrons. The first-order chi connectivity index (χ1) is 15.7. The molecule has 2 aromatic carbocycles. The molecular formula is C27H28N4S. The van der Waals surface area contributed by atoms with Crippen LogP contribution in [0.2, 0.25) is 0 Å². The molecule has 0 saturated carbocycles. The van der Waals surface area contributed by atoms with Crippen molar-refractivity contribution in [3.63, 3.8) is 0 Å². The van der Waals surface area contributed by atoms with Gasteiger partial charge in [-0.25, -0.2) is 4.98 Å². The second-order valence-corrected chi connectivity index (χ2v) is 8.66. The number of nitrogens with zero attached hydrogens (tertiary/aromatic N) is 4. The van der Waals surface area contributed by atoms with Crippen LogP contribution in [-0.2, 0) is 0 Å². The lowest BCUT2D eigenvalue weighted by Crippen LogP contribution is -2.25. The zero-order valence-corrected chi connectivity index (χ0v) is 19.5. The van der Waals surface area contributed by atoms with Gasteiger partial charge in [0.05, 0.1) is 10.2 Å².